The SMILES string of the molecule is COc1ccc(F)cc1OCC[C@@H]1CN(C(=O)OCc2ccccc2)CCN1. The average Bonchev–Trinajstić information content (AvgIpc) is 2.73. The van der Waals surface area contributed by atoms with Crippen molar-refractivity contribution < 1.29 is 23.4 Å². The quantitative estimate of drug-likeness (QED) is 0.789. The van der Waals surface area contributed by atoms with Gasteiger partial charge in [-0.25, -0.2) is 9.18 Å². The highest BCUT2D eigenvalue weighted by atomic mass is 19.1. The number of piperazine rings is 1. The molecule has 1 heterocycles. The van der Waals surface area contributed by atoms with E-state index in [2.05, 4.69) is 5.32 Å². The molecule has 1 saturated heterocycles. The topological polar surface area (TPSA) is 60.0 Å². The summed E-state index contributed by atoms with van der Waals surface area (Å²) in [6, 6.07) is 13.8. The molecule has 0 aliphatic carbocycles. The molecule has 1 N–H and O–H groups in total. The van der Waals surface area contributed by atoms with Crippen LogP contribution in [0.15, 0.2) is 48.5 Å². The van der Waals surface area contributed by atoms with E-state index in [1.54, 1.807) is 4.90 Å². The lowest BCUT2D eigenvalue weighted by molar-refractivity contribution is 0.0826. The maximum Gasteiger partial charge on any atom is 0.410 e. The predicted molar refractivity (Wildman–Crippen MR) is 103 cm³/mol. The fraction of sp³-hybridized carbons (Fsp3) is 0.381. The number of ether oxygens (including phenoxy) is 3. The van der Waals surface area contributed by atoms with Crippen LogP contribution in [-0.4, -0.2) is 50.4 Å². The van der Waals surface area contributed by atoms with Crippen LogP contribution in [0.1, 0.15) is 12.0 Å². The van der Waals surface area contributed by atoms with Crippen molar-refractivity contribution in [2.75, 3.05) is 33.4 Å². The highest BCUT2D eigenvalue weighted by Crippen LogP contribution is 2.27. The third-order valence-electron chi connectivity index (χ3n) is 4.57. The molecule has 1 atom stereocenters. The number of rotatable bonds is 7. The molecule has 0 radical (unpaired) electrons. The van der Waals surface area contributed by atoms with Crippen LogP contribution in [0.25, 0.3) is 0 Å². The number of carbonyl (C=O) groups is 1. The zero-order chi connectivity index (χ0) is 19.8. The monoisotopic (exact) mass is 388 g/mol. The largest absolute Gasteiger partial charge is 0.493 e. The fourth-order valence-corrected chi connectivity index (χ4v) is 3.07. The second kappa shape index (κ2) is 9.94. The van der Waals surface area contributed by atoms with Gasteiger partial charge in [-0.15, -0.1) is 0 Å². The Balaban J connectivity index is 1.44. The number of halogens is 1. The van der Waals surface area contributed by atoms with Crippen molar-refractivity contribution in [2.24, 2.45) is 0 Å². The molecule has 3 rings (SSSR count). The number of hydrogen-bond donors (Lipinski definition) is 1. The molecule has 6 nitrogen and oxygen atoms in total. The van der Waals surface area contributed by atoms with Gasteiger partial charge in [0, 0.05) is 31.7 Å². The van der Waals surface area contributed by atoms with E-state index in [0.717, 1.165) is 5.56 Å². The number of hydrogen-bond acceptors (Lipinski definition) is 5. The first-order chi connectivity index (χ1) is 13.7. The van der Waals surface area contributed by atoms with Crippen molar-refractivity contribution in [1.82, 2.24) is 10.2 Å². The minimum Gasteiger partial charge on any atom is -0.493 e. The molecule has 0 bridgehead atoms. The van der Waals surface area contributed by atoms with Crippen molar-refractivity contribution in [3.63, 3.8) is 0 Å². The van der Waals surface area contributed by atoms with E-state index in [0.29, 0.717) is 44.2 Å². The summed E-state index contributed by atoms with van der Waals surface area (Å²) in [6.07, 6.45) is 0.352. The van der Waals surface area contributed by atoms with Crippen molar-refractivity contribution >= 4 is 6.09 Å². The smallest absolute Gasteiger partial charge is 0.410 e. The van der Waals surface area contributed by atoms with Gasteiger partial charge in [0.15, 0.2) is 11.5 Å². The van der Waals surface area contributed by atoms with Crippen LogP contribution in [0.3, 0.4) is 0 Å². The normalized spacial score (nSPS) is 16.5. The molecule has 150 valence electrons. The molecule has 28 heavy (non-hydrogen) atoms. The van der Waals surface area contributed by atoms with Crippen LogP contribution in [0.5, 0.6) is 11.5 Å². The van der Waals surface area contributed by atoms with Gasteiger partial charge in [-0.05, 0) is 24.1 Å². The minimum absolute atomic E-state index is 0.0811. The first-order valence-corrected chi connectivity index (χ1v) is 9.31. The number of methoxy groups -OCH3 is 1. The number of carbonyl (C=O) groups excluding carboxylic acids is 1. The Morgan fingerprint density at radius 1 is 1.21 bits per heavy atom. The molecule has 2 aromatic carbocycles. The zero-order valence-electron chi connectivity index (χ0n) is 15.9. The van der Waals surface area contributed by atoms with Gasteiger partial charge in [0.05, 0.1) is 13.7 Å². The summed E-state index contributed by atoms with van der Waals surface area (Å²) in [7, 11) is 1.52. The van der Waals surface area contributed by atoms with Gasteiger partial charge in [0.2, 0.25) is 0 Å². The Kier molecular flexibility index (Phi) is 7.08. The van der Waals surface area contributed by atoms with Gasteiger partial charge >= 0.3 is 6.09 Å². The maximum atomic E-state index is 13.4. The summed E-state index contributed by atoms with van der Waals surface area (Å²) in [4.78, 5) is 14.0. The summed E-state index contributed by atoms with van der Waals surface area (Å²) >= 11 is 0. The van der Waals surface area contributed by atoms with Crippen LogP contribution in [0, 0.1) is 5.82 Å². The van der Waals surface area contributed by atoms with Gasteiger partial charge in [0.1, 0.15) is 12.4 Å². The summed E-state index contributed by atoms with van der Waals surface area (Å²) in [5, 5.41) is 3.37. The lowest BCUT2D eigenvalue weighted by Gasteiger charge is -2.33. The maximum absolute atomic E-state index is 13.4. The Labute approximate surface area is 164 Å². The minimum atomic E-state index is -0.376. The predicted octanol–water partition coefficient (Wildman–Crippen LogP) is 3.21. The molecular weight excluding hydrogens is 363 g/mol. The average molecular weight is 388 g/mol. The second-order valence-electron chi connectivity index (χ2n) is 6.57. The molecule has 1 aliphatic rings. The van der Waals surface area contributed by atoms with E-state index in [9.17, 15) is 9.18 Å². The van der Waals surface area contributed by atoms with Crippen molar-refractivity contribution in [2.45, 2.75) is 19.1 Å². The van der Waals surface area contributed by atoms with Gasteiger partial charge in [-0.2, -0.15) is 0 Å². The van der Waals surface area contributed by atoms with Gasteiger partial charge in [-0.3, -0.25) is 0 Å². The first kappa shape index (κ1) is 19.9. The van der Waals surface area contributed by atoms with E-state index in [1.807, 2.05) is 30.3 Å². The van der Waals surface area contributed by atoms with Crippen LogP contribution in [0.2, 0.25) is 0 Å². The van der Waals surface area contributed by atoms with Crippen molar-refractivity contribution in [3.05, 3.63) is 59.9 Å². The Hall–Kier alpha value is -2.80. The van der Waals surface area contributed by atoms with Crippen LogP contribution in [0.4, 0.5) is 9.18 Å². The first-order valence-electron chi connectivity index (χ1n) is 9.31. The lowest BCUT2D eigenvalue weighted by atomic mass is 10.1. The molecule has 2 aromatic rings. The van der Waals surface area contributed by atoms with E-state index in [4.69, 9.17) is 14.2 Å². The van der Waals surface area contributed by atoms with E-state index >= 15 is 0 Å². The van der Waals surface area contributed by atoms with Gasteiger partial charge in [0.25, 0.3) is 0 Å². The molecule has 0 unspecified atom stereocenters. The van der Waals surface area contributed by atoms with Gasteiger partial charge in [-0.1, -0.05) is 30.3 Å². The second-order valence-corrected chi connectivity index (χ2v) is 6.57. The number of nitrogens with one attached hydrogen (secondary N) is 1. The fourth-order valence-electron chi connectivity index (χ4n) is 3.07. The molecule has 1 fully saturated rings. The molecule has 1 aliphatic heterocycles. The highest BCUT2D eigenvalue weighted by molar-refractivity contribution is 5.67. The van der Waals surface area contributed by atoms with Crippen molar-refractivity contribution in [3.8, 4) is 11.5 Å². The van der Waals surface area contributed by atoms with Crippen LogP contribution in [-0.2, 0) is 11.3 Å². The third-order valence-corrected chi connectivity index (χ3v) is 4.57. The molecule has 7 heteroatoms. The van der Waals surface area contributed by atoms with E-state index in [-0.39, 0.29) is 24.6 Å². The van der Waals surface area contributed by atoms with Crippen LogP contribution < -0.4 is 14.8 Å². The third kappa shape index (κ3) is 5.60. The summed E-state index contributed by atoms with van der Waals surface area (Å²) < 4.78 is 29.6. The van der Waals surface area contributed by atoms with E-state index in [1.165, 1.54) is 25.3 Å². The molecule has 1 amide bonds. The zero-order valence-corrected chi connectivity index (χ0v) is 15.9. The summed E-state index contributed by atoms with van der Waals surface area (Å²) in [6.45, 7) is 2.47. The Morgan fingerprint density at radius 3 is 2.82 bits per heavy atom. The molecule has 0 saturated carbocycles. The van der Waals surface area contributed by atoms with Crippen LogP contribution >= 0.6 is 0 Å². The van der Waals surface area contributed by atoms with Gasteiger partial charge < -0.3 is 24.4 Å². The Morgan fingerprint density at radius 2 is 2.04 bits per heavy atom. The molecular formula is C21H25FN2O4. The number of nitrogens with zero attached hydrogens (tertiary/aromatic N) is 1. The molecule has 0 spiro atoms. The summed E-state index contributed by atoms with van der Waals surface area (Å²) in [5.74, 6) is 0.487. The van der Waals surface area contributed by atoms with E-state index < -0.39 is 0 Å². The standard InChI is InChI=1S/C21H25FN2O4/c1-26-19-8-7-17(22)13-20(19)27-12-9-18-14-24(11-10-23-18)21(25)28-15-16-5-3-2-4-6-16/h2-8,13,18,23H,9-12,14-15H2,1H3/t18-/m1/s1. The number of benzene rings is 2. The number of amides is 1. The Bertz CT molecular complexity index is 772. The highest BCUT2D eigenvalue weighted by Gasteiger charge is 2.24. The summed E-state index contributed by atoms with van der Waals surface area (Å²) in [5.41, 5.74) is 0.958. The lowest BCUT2D eigenvalue weighted by Crippen LogP contribution is -2.53. The molecule has 0 aromatic heterocycles. The van der Waals surface area contributed by atoms with Crippen molar-refractivity contribution in [1.29, 1.82) is 0 Å².